The van der Waals surface area contributed by atoms with Gasteiger partial charge in [-0.3, -0.25) is 4.79 Å². The summed E-state index contributed by atoms with van der Waals surface area (Å²) in [5.41, 5.74) is 5.10. The molecule has 1 fully saturated rings. The van der Waals surface area contributed by atoms with Crippen LogP contribution < -0.4 is 5.73 Å². The van der Waals surface area contributed by atoms with Crippen LogP contribution in [0.5, 0.6) is 0 Å². The minimum atomic E-state index is -0.755. The van der Waals surface area contributed by atoms with Gasteiger partial charge in [0.15, 0.2) is 11.6 Å². The van der Waals surface area contributed by atoms with E-state index in [4.69, 9.17) is 4.79 Å². The van der Waals surface area contributed by atoms with E-state index in [1.807, 2.05) is 0 Å². The molecule has 0 spiro atoms. The molecule has 0 atom stereocenters. The van der Waals surface area contributed by atoms with Crippen LogP contribution >= 0.6 is 0 Å². The molecule has 0 aliphatic heterocycles. The van der Waals surface area contributed by atoms with Crippen LogP contribution in [0.2, 0.25) is 0 Å². The van der Waals surface area contributed by atoms with E-state index < -0.39 is 11.6 Å². The van der Waals surface area contributed by atoms with Crippen LogP contribution in [0.4, 0.5) is 8.78 Å². The summed E-state index contributed by atoms with van der Waals surface area (Å²) in [4.78, 5) is 8.58. The van der Waals surface area contributed by atoms with Crippen LogP contribution in [0.15, 0.2) is 18.2 Å². The molecule has 76 valence electrons. The maximum Gasteiger partial charge on any atom is 0.204 e. The van der Waals surface area contributed by atoms with Gasteiger partial charge in [0.25, 0.3) is 0 Å². The highest BCUT2D eigenvalue weighted by atomic mass is 19.2. The van der Waals surface area contributed by atoms with Crippen molar-refractivity contribution in [2.24, 2.45) is 5.73 Å². The molecule has 2 nitrogen and oxygen atoms in total. The lowest BCUT2D eigenvalue weighted by molar-refractivity contribution is -0.106. The van der Waals surface area contributed by atoms with Gasteiger partial charge in [0, 0.05) is 0 Å². The number of amides is 1. The summed E-state index contributed by atoms with van der Waals surface area (Å²) >= 11 is 0. The van der Waals surface area contributed by atoms with Crippen molar-refractivity contribution >= 4 is 6.41 Å². The molecule has 1 aromatic rings. The highest BCUT2D eigenvalue weighted by molar-refractivity contribution is 5.42. The Kier molecular flexibility index (Phi) is 3.56. The Morgan fingerprint density at radius 3 is 2.29 bits per heavy atom. The van der Waals surface area contributed by atoms with Gasteiger partial charge in [0.05, 0.1) is 0 Å². The SMILES string of the molecule is Fc1ccc(C2CC2)cc1F.NC=O. The fraction of sp³-hybridized carbons (Fsp3) is 0.300. The number of carbonyl (C=O) groups excluding carboxylic acids is 1. The Labute approximate surface area is 80.7 Å². The zero-order valence-electron chi connectivity index (χ0n) is 7.54. The van der Waals surface area contributed by atoms with Gasteiger partial charge < -0.3 is 5.73 Å². The topological polar surface area (TPSA) is 43.1 Å². The first-order chi connectivity index (χ1) is 6.69. The smallest absolute Gasteiger partial charge is 0.204 e. The van der Waals surface area contributed by atoms with Crippen molar-refractivity contribution in [3.63, 3.8) is 0 Å². The summed E-state index contributed by atoms with van der Waals surface area (Å²) in [6.07, 6.45) is 2.48. The third-order valence-electron chi connectivity index (χ3n) is 1.99. The highest BCUT2D eigenvalue weighted by Gasteiger charge is 2.24. The second kappa shape index (κ2) is 4.69. The van der Waals surface area contributed by atoms with E-state index in [1.54, 1.807) is 6.07 Å². The Hall–Kier alpha value is -1.45. The lowest BCUT2D eigenvalue weighted by Crippen LogP contribution is -1.86. The van der Waals surface area contributed by atoms with E-state index in [0.29, 0.717) is 5.92 Å². The lowest BCUT2D eigenvalue weighted by atomic mass is 10.1. The van der Waals surface area contributed by atoms with Crippen molar-refractivity contribution < 1.29 is 13.6 Å². The number of benzene rings is 1. The molecule has 0 aromatic heterocycles. The van der Waals surface area contributed by atoms with Gasteiger partial charge in [-0.2, -0.15) is 0 Å². The fourth-order valence-corrected chi connectivity index (χ4v) is 1.18. The number of rotatable bonds is 1. The molecule has 2 rings (SSSR count). The largest absolute Gasteiger partial charge is 0.372 e. The summed E-state index contributed by atoms with van der Waals surface area (Å²) in [6.45, 7) is 0. The number of halogens is 2. The van der Waals surface area contributed by atoms with Crippen molar-refractivity contribution in [1.29, 1.82) is 0 Å². The average molecular weight is 199 g/mol. The van der Waals surface area contributed by atoms with Gasteiger partial charge >= 0.3 is 0 Å². The van der Waals surface area contributed by atoms with Gasteiger partial charge in [0.2, 0.25) is 6.41 Å². The zero-order chi connectivity index (χ0) is 10.6. The molecule has 1 aromatic carbocycles. The minimum Gasteiger partial charge on any atom is -0.372 e. The number of hydrogen-bond acceptors (Lipinski definition) is 1. The molecule has 0 bridgehead atoms. The molecule has 0 saturated heterocycles. The molecule has 1 aliphatic carbocycles. The van der Waals surface area contributed by atoms with E-state index >= 15 is 0 Å². The molecule has 1 saturated carbocycles. The molecule has 0 heterocycles. The molecular formula is C10H11F2NO. The molecule has 1 aliphatic rings. The van der Waals surface area contributed by atoms with Gasteiger partial charge in [-0.15, -0.1) is 0 Å². The number of hydrogen-bond donors (Lipinski definition) is 1. The van der Waals surface area contributed by atoms with Crippen LogP contribution in [0, 0.1) is 11.6 Å². The second-order valence-corrected chi connectivity index (χ2v) is 3.08. The monoisotopic (exact) mass is 199 g/mol. The maximum atomic E-state index is 12.6. The first-order valence-electron chi connectivity index (χ1n) is 4.29. The second-order valence-electron chi connectivity index (χ2n) is 3.08. The number of primary amides is 1. The van der Waals surface area contributed by atoms with Crippen molar-refractivity contribution in [2.75, 3.05) is 0 Å². The van der Waals surface area contributed by atoms with E-state index in [-0.39, 0.29) is 6.41 Å². The summed E-state index contributed by atoms with van der Waals surface area (Å²) in [6, 6.07) is 4.16. The van der Waals surface area contributed by atoms with Crippen molar-refractivity contribution in [1.82, 2.24) is 0 Å². The van der Waals surface area contributed by atoms with Crippen LogP contribution in [0.1, 0.15) is 24.3 Å². The molecular weight excluding hydrogens is 188 g/mol. The van der Waals surface area contributed by atoms with E-state index in [0.717, 1.165) is 18.4 Å². The highest BCUT2D eigenvalue weighted by Crippen LogP contribution is 2.40. The first-order valence-corrected chi connectivity index (χ1v) is 4.29. The van der Waals surface area contributed by atoms with Crippen LogP contribution in [-0.4, -0.2) is 6.41 Å². The molecule has 1 amide bonds. The summed E-state index contributed by atoms with van der Waals surface area (Å²) in [7, 11) is 0. The third kappa shape index (κ3) is 2.80. The van der Waals surface area contributed by atoms with E-state index in [1.165, 1.54) is 12.1 Å². The predicted molar refractivity (Wildman–Crippen MR) is 48.6 cm³/mol. The Balaban J connectivity index is 0.000000293. The summed E-state index contributed by atoms with van der Waals surface area (Å²) in [5.74, 6) is -0.992. The molecule has 2 N–H and O–H groups in total. The standard InChI is InChI=1S/C9H8F2.CH3NO/c10-8-4-3-7(5-9(8)11)6-1-2-6;2-1-3/h3-6H,1-2H2;1H,(H2,2,3). The van der Waals surface area contributed by atoms with E-state index in [9.17, 15) is 8.78 Å². The predicted octanol–water partition coefficient (Wildman–Crippen LogP) is 1.94. The number of carbonyl (C=O) groups is 1. The first kappa shape index (κ1) is 10.6. The van der Waals surface area contributed by atoms with Gasteiger partial charge in [0.1, 0.15) is 0 Å². The minimum absolute atomic E-state index is 0.250. The Morgan fingerprint density at radius 1 is 1.29 bits per heavy atom. The quantitative estimate of drug-likeness (QED) is 0.690. The maximum absolute atomic E-state index is 12.6. The van der Waals surface area contributed by atoms with Gasteiger partial charge in [-0.25, -0.2) is 8.78 Å². The zero-order valence-corrected chi connectivity index (χ0v) is 7.54. The average Bonchev–Trinajstić information content (AvgIpc) is 2.94. The Bertz CT molecular complexity index is 324. The van der Waals surface area contributed by atoms with Crippen LogP contribution in [-0.2, 0) is 4.79 Å². The van der Waals surface area contributed by atoms with Crippen molar-refractivity contribution in [3.8, 4) is 0 Å². The Morgan fingerprint density at radius 2 is 1.86 bits per heavy atom. The van der Waals surface area contributed by atoms with Crippen LogP contribution in [0.3, 0.4) is 0 Å². The van der Waals surface area contributed by atoms with Crippen molar-refractivity contribution in [3.05, 3.63) is 35.4 Å². The van der Waals surface area contributed by atoms with Crippen molar-refractivity contribution in [2.45, 2.75) is 18.8 Å². The number of nitrogens with two attached hydrogens (primary N) is 1. The molecule has 0 radical (unpaired) electrons. The molecule has 14 heavy (non-hydrogen) atoms. The third-order valence-corrected chi connectivity index (χ3v) is 1.99. The summed E-state index contributed by atoms with van der Waals surface area (Å²) < 4.78 is 25.0. The summed E-state index contributed by atoms with van der Waals surface area (Å²) in [5, 5.41) is 0. The normalized spacial score (nSPS) is 14.1. The van der Waals surface area contributed by atoms with Gasteiger partial charge in [-0.1, -0.05) is 6.07 Å². The van der Waals surface area contributed by atoms with Gasteiger partial charge in [-0.05, 0) is 36.5 Å². The lowest BCUT2D eigenvalue weighted by Gasteiger charge is -1.97. The molecule has 0 unspecified atom stereocenters. The van der Waals surface area contributed by atoms with Crippen LogP contribution in [0.25, 0.3) is 0 Å². The fourth-order valence-electron chi connectivity index (χ4n) is 1.18. The molecule has 4 heteroatoms. The van der Waals surface area contributed by atoms with E-state index in [2.05, 4.69) is 5.73 Å².